The first-order valence-corrected chi connectivity index (χ1v) is 12.5. The highest BCUT2D eigenvalue weighted by molar-refractivity contribution is 5.78. The summed E-state index contributed by atoms with van der Waals surface area (Å²) in [4.78, 5) is 53.8. The number of hydrogen-bond acceptors (Lipinski definition) is 10. The lowest BCUT2D eigenvalue weighted by molar-refractivity contribution is -0.207. The first-order chi connectivity index (χ1) is 17.0. The van der Waals surface area contributed by atoms with Crippen LogP contribution < -0.4 is 0 Å². The van der Waals surface area contributed by atoms with E-state index in [1.807, 2.05) is 0 Å². The van der Waals surface area contributed by atoms with Crippen LogP contribution >= 0.6 is 0 Å². The van der Waals surface area contributed by atoms with Crippen LogP contribution in [0, 0.1) is 21.7 Å². The lowest BCUT2D eigenvalue weighted by Crippen LogP contribution is -2.48. The van der Waals surface area contributed by atoms with E-state index in [9.17, 15) is 24.7 Å². The van der Waals surface area contributed by atoms with Crippen LogP contribution in [0.2, 0.25) is 0 Å². The maximum atomic E-state index is 12.9. The maximum absolute atomic E-state index is 12.9. The number of esters is 4. The molecule has 0 aliphatic carbocycles. The Bertz CT molecular complexity index is 945. The molecule has 3 unspecified atom stereocenters. The van der Waals surface area contributed by atoms with Crippen LogP contribution in [-0.2, 0) is 42.9 Å². The van der Waals surface area contributed by atoms with Gasteiger partial charge in [0.15, 0.2) is 6.10 Å². The van der Waals surface area contributed by atoms with Gasteiger partial charge in [0, 0.05) is 4.91 Å². The van der Waals surface area contributed by atoms with Gasteiger partial charge >= 0.3 is 23.9 Å². The van der Waals surface area contributed by atoms with Crippen molar-refractivity contribution in [2.45, 2.75) is 114 Å². The summed E-state index contributed by atoms with van der Waals surface area (Å²) >= 11 is 0. The van der Waals surface area contributed by atoms with Gasteiger partial charge < -0.3 is 23.7 Å². The highest BCUT2D eigenvalue weighted by Crippen LogP contribution is 2.35. The van der Waals surface area contributed by atoms with E-state index in [4.69, 9.17) is 23.7 Å². The Morgan fingerprint density at radius 2 is 1.11 bits per heavy atom. The Hall–Kier alpha value is -2.85. The molecule has 12 nitrogen and oxygen atoms in total. The van der Waals surface area contributed by atoms with Crippen LogP contribution in [0.25, 0.3) is 10.4 Å². The van der Waals surface area contributed by atoms with E-state index in [0.29, 0.717) is 0 Å². The minimum Gasteiger partial charge on any atom is -0.465 e. The quantitative estimate of drug-likeness (QED) is 0.148. The average molecular weight is 542 g/mol. The Kier molecular flexibility index (Phi) is 10.4. The molecule has 0 bridgehead atoms. The van der Waals surface area contributed by atoms with Gasteiger partial charge in [-0.2, -0.15) is 0 Å². The van der Waals surface area contributed by atoms with Gasteiger partial charge in [0.05, 0.1) is 21.7 Å². The predicted molar refractivity (Wildman–Crippen MR) is 136 cm³/mol. The predicted octanol–water partition coefficient (Wildman–Crippen LogP) is 4.48. The van der Waals surface area contributed by atoms with Crippen LogP contribution in [0.3, 0.4) is 0 Å². The standard InChI is InChI=1S/C26H43N3O9/c1-23(2,3)19(30)34-13-14(28-29-27)15-16(36-20(31)24(4,5)6)17(37-21(32)25(7,8)9)18(35-15)38-22(33)26(10,11)12/h14-18H,13H2,1-12H3/t14?,15-,16?,17?,18+/m1/s1. The molecule has 0 aromatic rings. The van der Waals surface area contributed by atoms with Crippen molar-refractivity contribution >= 4 is 23.9 Å². The zero-order chi connectivity index (χ0) is 29.9. The third-order valence-electron chi connectivity index (χ3n) is 5.33. The van der Waals surface area contributed by atoms with Crippen LogP contribution in [0.15, 0.2) is 5.11 Å². The smallest absolute Gasteiger partial charge is 0.313 e. The lowest BCUT2D eigenvalue weighted by Gasteiger charge is -2.30. The lowest BCUT2D eigenvalue weighted by atomic mass is 9.95. The molecule has 12 heteroatoms. The minimum absolute atomic E-state index is 0.422. The average Bonchev–Trinajstić information content (AvgIpc) is 3.04. The second-order valence-corrected chi connectivity index (χ2v) is 13.5. The van der Waals surface area contributed by atoms with Crippen molar-refractivity contribution in [2.24, 2.45) is 26.8 Å². The summed E-state index contributed by atoms with van der Waals surface area (Å²) in [6.45, 7) is 19.2. The van der Waals surface area contributed by atoms with Crippen molar-refractivity contribution in [1.82, 2.24) is 0 Å². The van der Waals surface area contributed by atoms with Gasteiger partial charge in [-0.3, -0.25) is 19.2 Å². The van der Waals surface area contributed by atoms with E-state index in [2.05, 4.69) is 10.0 Å². The summed E-state index contributed by atoms with van der Waals surface area (Å²) in [5.41, 5.74) is 5.54. The van der Waals surface area contributed by atoms with E-state index in [1.54, 1.807) is 83.1 Å². The first kappa shape index (κ1) is 33.2. The van der Waals surface area contributed by atoms with Crippen molar-refractivity contribution in [1.29, 1.82) is 0 Å². The Balaban J connectivity index is 3.57. The largest absolute Gasteiger partial charge is 0.465 e. The monoisotopic (exact) mass is 541 g/mol. The summed E-state index contributed by atoms with van der Waals surface area (Å²) in [6.07, 6.45) is -5.51. The summed E-state index contributed by atoms with van der Waals surface area (Å²) in [7, 11) is 0. The number of hydrogen-bond donors (Lipinski definition) is 0. The Morgan fingerprint density at radius 1 is 0.711 bits per heavy atom. The van der Waals surface area contributed by atoms with E-state index >= 15 is 0 Å². The SMILES string of the molecule is CC(C)(C)C(=O)OCC(N=[N+]=[N-])[C@H]1O[C@@H](OC(=O)C(C)(C)C)C(OC(=O)C(C)(C)C)C1OC(=O)C(C)(C)C. The molecule has 0 radical (unpaired) electrons. The molecule has 1 fully saturated rings. The fraction of sp³-hybridized carbons (Fsp3) is 0.846. The molecular formula is C26H43N3O9. The number of ether oxygens (including phenoxy) is 5. The summed E-state index contributed by atoms with van der Waals surface area (Å²) in [5.74, 6) is -2.56. The third kappa shape index (κ3) is 9.16. The molecule has 0 saturated carbocycles. The molecule has 38 heavy (non-hydrogen) atoms. The van der Waals surface area contributed by atoms with Crippen molar-refractivity contribution in [2.75, 3.05) is 6.61 Å². The van der Waals surface area contributed by atoms with Gasteiger partial charge in [-0.1, -0.05) is 5.11 Å². The third-order valence-corrected chi connectivity index (χ3v) is 5.33. The van der Waals surface area contributed by atoms with Crippen LogP contribution in [0.5, 0.6) is 0 Å². The van der Waals surface area contributed by atoms with Crippen molar-refractivity contribution in [3.8, 4) is 0 Å². The molecule has 0 spiro atoms. The van der Waals surface area contributed by atoms with Gasteiger partial charge in [-0.05, 0) is 88.6 Å². The molecule has 0 amide bonds. The van der Waals surface area contributed by atoms with Crippen molar-refractivity contribution < 1.29 is 42.9 Å². The molecule has 0 aromatic carbocycles. The molecule has 1 aliphatic heterocycles. The number of rotatable bonds is 7. The normalized spacial score (nSPS) is 23.1. The van der Waals surface area contributed by atoms with Gasteiger partial charge in [-0.15, -0.1) is 0 Å². The van der Waals surface area contributed by atoms with Crippen molar-refractivity contribution in [3.05, 3.63) is 10.4 Å². The van der Waals surface area contributed by atoms with Gasteiger partial charge in [-0.25, -0.2) is 0 Å². The number of nitrogens with zero attached hydrogens (tertiary/aromatic N) is 3. The molecule has 0 aromatic heterocycles. The molecule has 1 saturated heterocycles. The van der Waals surface area contributed by atoms with Crippen LogP contribution in [0.1, 0.15) is 83.1 Å². The zero-order valence-electron chi connectivity index (χ0n) is 24.6. The fourth-order valence-electron chi connectivity index (χ4n) is 2.83. The van der Waals surface area contributed by atoms with Gasteiger partial charge in [0.1, 0.15) is 18.8 Å². The fourth-order valence-corrected chi connectivity index (χ4v) is 2.83. The topological polar surface area (TPSA) is 163 Å². The second kappa shape index (κ2) is 11.9. The number of carbonyl (C=O) groups is 4. The van der Waals surface area contributed by atoms with Crippen LogP contribution in [-0.4, -0.2) is 61.1 Å². The highest BCUT2D eigenvalue weighted by atomic mass is 16.7. The van der Waals surface area contributed by atoms with Gasteiger partial charge in [0.25, 0.3) is 0 Å². The molecule has 1 rings (SSSR count). The highest BCUT2D eigenvalue weighted by Gasteiger charge is 2.56. The minimum atomic E-state index is -1.49. The van der Waals surface area contributed by atoms with Gasteiger partial charge in [0.2, 0.25) is 12.4 Å². The molecule has 5 atom stereocenters. The molecule has 216 valence electrons. The van der Waals surface area contributed by atoms with E-state index in [0.717, 1.165) is 0 Å². The molecule has 1 heterocycles. The molecular weight excluding hydrogens is 498 g/mol. The number of azide groups is 1. The van der Waals surface area contributed by atoms with Crippen LogP contribution in [0.4, 0.5) is 0 Å². The summed E-state index contributed by atoms with van der Waals surface area (Å²) in [5, 5.41) is 3.71. The summed E-state index contributed by atoms with van der Waals surface area (Å²) < 4.78 is 28.3. The van der Waals surface area contributed by atoms with Crippen molar-refractivity contribution in [3.63, 3.8) is 0 Å². The Morgan fingerprint density at radius 3 is 1.50 bits per heavy atom. The van der Waals surface area contributed by atoms with E-state index < -0.39 is 82.8 Å². The van der Waals surface area contributed by atoms with E-state index in [1.165, 1.54) is 0 Å². The zero-order valence-corrected chi connectivity index (χ0v) is 24.6. The Labute approximate surface area is 224 Å². The second-order valence-electron chi connectivity index (χ2n) is 13.5. The molecule has 1 aliphatic rings. The van der Waals surface area contributed by atoms with E-state index in [-0.39, 0.29) is 0 Å². The number of carbonyl (C=O) groups excluding carboxylic acids is 4. The summed E-state index contributed by atoms with van der Waals surface area (Å²) in [6, 6.07) is -1.21. The molecule has 0 N–H and O–H groups in total. The first-order valence-electron chi connectivity index (χ1n) is 12.5. The maximum Gasteiger partial charge on any atom is 0.313 e.